The molecule has 1 aliphatic heterocycles. The first-order chi connectivity index (χ1) is 12.8. The van der Waals surface area contributed by atoms with E-state index < -0.39 is 5.97 Å². The third-order valence-corrected chi connectivity index (χ3v) is 4.35. The molecule has 0 aromatic heterocycles. The van der Waals surface area contributed by atoms with E-state index in [2.05, 4.69) is 13.8 Å². The van der Waals surface area contributed by atoms with Crippen LogP contribution in [-0.4, -0.2) is 48.7 Å². The summed E-state index contributed by atoms with van der Waals surface area (Å²) in [5.41, 5.74) is 1.77. The number of ether oxygens (including phenoxy) is 2. The van der Waals surface area contributed by atoms with E-state index in [1.807, 2.05) is 44.2 Å². The number of carbonyl (C=O) groups excluding carboxylic acids is 2. The van der Waals surface area contributed by atoms with Crippen LogP contribution in [0.3, 0.4) is 0 Å². The zero-order chi connectivity index (χ0) is 20.0. The predicted octanol–water partition coefficient (Wildman–Crippen LogP) is 2.90. The summed E-state index contributed by atoms with van der Waals surface area (Å²) in [4.78, 5) is 26.0. The molecule has 1 heterocycles. The van der Waals surface area contributed by atoms with Gasteiger partial charge in [0.1, 0.15) is 11.6 Å². The van der Waals surface area contributed by atoms with Gasteiger partial charge in [-0.15, -0.1) is 0 Å². The second-order valence-electron chi connectivity index (χ2n) is 7.12. The molecule has 144 valence electrons. The molecule has 0 aliphatic carbocycles. The monoisotopic (exact) mass is 370 g/mol. The number of amides is 1. The summed E-state index contributed by atoms with van der Waals surface area (Å²) < 4.78 is 10.6. The SMILES string of the molecule is CC(C)c1ccc(/C=C(\C#N)C(=O)OCC(=O)N2C[C@@H](C)O[C@@H](C)C2)cc1. The van der Waals surface area contributed by atoms with Crippen LogP contribution in [0.25, 0.3) is 6.08 Å². The van der Waals surface area contributed by atoms with Crippen molar-refractivity contribution in [2.45, 2.75) is 45.8 Å². The first-order valence-corrected chi connectivity index (χ1v) is 9.12. The van der Waals surface area contributed by atoms with Crippen molar-refractivity contribution >= 4 is 18.0 Å². The zero-order valence-corrected chi connectivity index (χ0v) is 16.3. The average molecular weight is 370 g/mol. The Labute approximate surface area is 160 Å². The van der Waals surface area contributed by atoms with Crippen molar-refractivity contribution in [2.24, 2.45) is 0 Å². The lowest BCUT2D eigenvalue weighted by Gasteiger charge is -2.35. The molecule has 1 amide bonds. The second kappa shape index (κ2) is 9.33. The largest absolute Gasteiger partial charge is 0.451 e. The smallest absolute Gasteiger partial charge is 0.349 e. The Kier molecular flexibility index (Phi) is 7.14. The van der Waals surface area contributed by atoms with Gasteiger partial charge in [0.05, 0.1) is 12.2 Å². The third-order valence-electron chi connectivity index (χ3n) is 4.35. The Hall–Kier alpha value is -2.65. The maximum absolute atomic E-state index is 12.3. The van der Waals surface area contributed by atoms with Gasteiger partial charge >= 0.3 is 5.97 Å². The van der Waals surface area contributed by atoms with Crippen molar-refractivity contribution in [3.63, 3.8) is 0 Å². The van der Waals surface area contributed by atoms with E-state index in [1.165, 1.54) is 11.6 Å². The summed E-state index contributed by atoms with van der Waals surface area (Å²) in [5, 5.41) is 9.25. The lowest BCUT2D eigenvalue weighted by Crippen LogP contribution is -2.49. The van der Waals surface area contributed by atoms with Gasteiger partial charge in [0.2, 0.25) is 0 Å². The van der Waals surface area contributed by atoms with Gasteiger partial charge in [-0.2, -0.15) is 5.26 Å². The number of benzene rings is 1. The number of esters is 1. The van der Waals surface area contributed by atoms with Crippen molar-refractivity contribution < 1.29 is 19.1 Å². The topological polar surface area (TPSA) is 79.6 Å². The molecule has 2 atom stereocenters. The minimum atomic E-state index is -0.798. The number of rotatable bonds is 5. The molecule has 1 aliphatic rings. The normalized spacial score (nSPS) is 20.3. The fraction of sp³-hybridized carbons (Fsp3) is 0.476. The predicted molar refractivity (Wildman–Crippen MR) is 102 cm³/mol. The first-order valence-electron chi connectivity index (χ1n) is 9.12. The summed E-state index contributed by atoms with van der Waals surface area (Å²) in [5.74, 6) is -0.683. The van der Waals surface area contributed by atoms with Crippen LogP contribution in [-0.2, 0) is 19.1 Å². The number of nitrogens with zero attached hydrogens (tertiary/aromatic N) is 2. The van der Waals surface area contributed by atoms with Gasteiger partial charge in [0, 0.05) is 13.1 Å². The molecule has 0 spiro atoms. The fourth-order valence-corrected chi connectivity index (χ4v) is 2.96. The Morgan fingerprint density at radius 2 is 1.85 bits per heavy atom. The summed E-state index contributed by atoms with van der Waals surface area (Å²) in [6, 6.07) is 9.46. The molecule has 0 unspecified atom stereocenters. The van der Waals surface area contributed by atoms with Gasteiger partial charge in [-0.25, -0.2) is 4.79 Å². The highest BCUT2D eigenvalue weighted by molar-refractivity contribution is 5.98. The van der Waals surface area contributed by atoms with Crippen LogP contribution in [0.15, 0.2) is 29.8 Å². The number of carbonyl (C=O) groups is 2. The highest BCUT2D eigenvalue weighted by atomic mass is 16.5. The molecule has 1 fully saturated rings. The number of hydrogen-bond donors (Lipinski definition) is 0. The highest BCUT2D eigenvalue weighted by Gasteiger charge is 2.26. The lowest BCUT2D eigenvalue weighted by atomic mass is 10.0. The van der Waals surface area contributed by atoms with Gasteiger partial charge in [0.25, 0.3) is 5.91 Å². The summed E-state index contributed by atoms with van der Waals surface area (Å²) >= 11 is 0. The minimum absolute atomic E-state index is 0.0585. The first kappa shape index (κ1) is 20.7. The van der Waals surface area contributed by atoms with Crippen LogP contribution in [0.1, 0.15) is 44.7 Å². The fourth-order valence-electron chi connectivity index (χ4n) is 2.96. The van der Waals surface area contributed by atoms with Crippen molar-refractivity contribution in [2.75, 3.05) is 19.7 Å². The van der Waals surface area contributed by atoms with Crippen LogP contribution < -0.4 is 0 Å². The van der Waals surface area contributed by atoms with Crippen molar-refractivity contribution in [3.05, 3.63) is 41.0 Å². The molecule has 6 heteroatoms. The molecular formula is C21H26N2O4. The van der Waals surface area contributed by atoms with E-state index in [0.717, 1.165) is 5.56 Å². The average Bonchev–Trinajstić information content (AvgIpc) is 2.63. The standard InChI is InChI=1S/C21H26N2O4/c1-14(2)18-7-5-17(6-8-18)9-19(10-22)21(25)26-13-20(24)23-11-15(3)27-16(4)12-23/h5-9,14-16H,11-13H2,1-4H3/b19-9+/t15-,16+. The van der Waals surface area contributed by atoms with E-state index in [0.29, 0.717) is 19.0 Å². The molecule has 0 radical (unpaired) electrons. The Morgan fingerprint density at radius 3 is 2.37 bits per heavy atom. The molecule has 27 heavy (non-hydrogen) atoms. The number of nitriles is 1. The van der Waals surface area contributed by atoms with Crippen LogP contribution in [0, 0.1) is 11.3 Å². The molecule has 0 N–H and O–H groups in total. The maximum atomic E-state index is 12.3. The molecule has 1 saturated heterocycles. The van der Waals surface area contributed by atoms with E-state index in [1.54, 1.807) is 4.90 Å². The van der Waals surface area contributed by atoms with E-state index in [9.17, 15) is 14.9 Å². The molecule has 2 rings (SSSR count). The third kappa shape index (κ3) is 5.93. The van der Waals surface area contributed by atoms with Gasteiger partial charge in [-0.3, -0.25) is 4.79 Å². The van der Waals surface area contributed by atoms with E-state index in [4.69, 9.17) is 9.47 Å². The van der Waals surface area contributed by atoms with Crippen LogP contribution in [0.2, 0.25) is 0 Å². The summed E-state index contributed by atoms with van der Waals surface area (Å²) in [6.45, 7) is 8.51. The highest BCUT2D eigenvalue weighted by Crippen LogP contribution is 2.17. The minimum Gasteiger partial charge on any atom is -0.451 e. The maximum Gasteiger partial charge on any atom is 0.349 e. The molecule has 0 saturated carbocycles. The second-order valence-corrected chi connectivity index (χ2v) is 7.12. The zero-order valence-electron chi connectivity index (χ0n) is 16.3. The van der Waals surface area contributed by atoms with Crippen molar-refractivity contribution in [3.8, 4) is 6.07 Å². The Morgan fingerprint density at radius 1 is 1.26 bits per heavy atom. The number of hydrogen-bond acceptors (Lipinski definition) is 5. The number of morpholine rings is 1. The van der Waals surface area contributed by atoms with E-state index in [-0.39, 0.29) is 30.3 Å². The van der Waals surface area contributed by atoms with Crippen LogP contribution >= 0.6 is 0 Å². The molecular weight excluding hydrogens is 344 g/mol. The van der Waals surface area contributed by atoms with Gasteiger partial charge < -0.3 is 14.4 Å². The van der Waals surface area contributed by atoms with Gasteiger partial charge in [0.15, 0.2) is 6.61 Å². The van der Waals surface area contributed by atoms with Gasteiger partial charge in [-0.1, -0.05) is 38.1 Å². The van der Waals surface area contributed by atoms with Crippen LogP contribution in [0.4, 0.5) is 0 Å². The quantitative estimate of drug-likeness (QED) is 0.452. The molecule has 0 bridgehead atoms. The van der Waals surface area contributed by atoms with E-state index >= 15 is 0 Å². The summed E-state index contributed by atoms with van der Waals surface area (Å²) in [6.07, 6.45) is 1.35. The van der Waals surface area contributed by atoms with Crippen LogP contribution in [0.5, 0.6) is 0 Å². The lowest BCUT2D eigenvalue weighted by molar-refractivity contribution is -0.154. The molecule has 1 aromatic carbocycles. The van der Waals surface area contributed by atoms with Crippen molar-refractivity contribution in [1.82, 2.24) is 4.90 Å². The van der Waals surface area contributed by atoms with Gasteiger partial charge in [-0.05, 0) is 37.0 Å². The molecule has 1 aromatic rings. The Bertz CT molecular complexity index is 736. The van der Waals surface area contributed by atoms with Crippen molar-refractivity contribution in [1.29, 1.82) is 5.26 Å². The molecule has 6 nitrogen and oxygen atoms in total. The summed E-state index contributed by atoms with van der Waals surface area (Å²) in [7, 11) is 0. The Balaban J connectivity index is 1.96.